The number of pyridine rings is 1. The molecule has 0 spiro atoms. The van der Waals surface area contributed by atoms with Crippen LogP contribution in [0.4, 0.5) is 5.95 Å². The van der Waals surface area contributed by atoms with E-state index in [-0.39, 0.29) is 11.8 Å². The first-order valence-corrected chi connectivity index (χ1v) is 9.51. The summed E-state index contributed by atoms with van der Waals surface area (Å²) in [6.07, 6.45) is 1.65. The van der Waals surface area contributed by atoms with Crippen LogP contribution < -0.4 is 5.32 Å². The van der Waals surface area contributed by atoms with Gasteiger partial charge in [-0.2, -0.15) is 4.98 Å². The summed E-state index contributed by atoms with van der Waals surface area (Å²) in [7, 11) is 0. The number of para-hydroxylation sites is 1. The maximum absolute atomic E-state index is 12.8. The Morgan fingerprint density at radius 3 is 2.35 bits per heavy atom. The Hall–Kier alpha value is -4.66. The smallest absolute Gasteiger partial charge is 0.286 e. The first-order valence-electron chi connectivity index (χ1n) is 9.51. The lowest BCUT2D eigenvalue weighted by Crippen LogP contribution is -2.15. The van der Waals surface area contributed by atoms with Crippen molar-refractivity contribution in [3.8, 4) is 28.6 Å². The molecular weight excluding hydrogens is 392 g/mol. The minimum absolute atomic E-state index is 0.00638. The average Bonchev–Trinajstić information content (AvgIpc) is 3.49. The number of aromatic amines is 1. The van der Waals surface area contributed by atoms with E-state index in [1.807, 2.05) is 72.8 Å². The fraction of sp³-hybridized carbons (Fsp3) is 0. The number of carbonyl (C=O) groups is 1. The maximum Gasteiger partial charge on any atom is 0.297 e. The number of rotatable bonds is 5. The van der Waals surface area contributed by atoms with Crippen molar-refractivity contribution in [2.45, 2.75) is 0 Å². The molecule has 31 heavy (non-hydrogen) atoms. The zero-order valence-corrected chi connectivity index (χ0v) is 16.2. The molecule has 150 valence electrons. The van der Waals surface area contributed by atoms with Crippen LogP contribution in [0.15, 0.2) is 85.1 Å². The second kappa shape index (κ2) is 7.99. The quantitative estimate of drug-likeness (QED) is 0.461. The monoisotopic (exact) mass is 408 g/mol. The van der Waals surface area contributed by atoms with E-state index >= 15 is 0 Å². The normalized spacial score (nSPS) is 10.7. The highest BCUT2D eigenvalue weighted by Crippen LogP contribution is 2.21. The van der Waals surface area contributed by atoms with Crippen LogP contribution in [0.25, 0.3) is 28.6 Å². The van der Waals surface area contributed by atoms with Crippen LogP contribution in [0.3, 0.4) is 0 Å². The predicted molar refractivity (Wildman–Crippen MR) is 114 cm³/mol. The number of nitrogens with zero attached hydrogens (tertiary/aromatic N) is 6. The highest BCUT2D eigenvalue weighted by atomic mass is 16.2. The van der Waals surface area contributed by atoms with Crippen molar-refractivity contribution in [2.24, 2.45) is 0 Å². The first kappa shape index (κ1) is 18.4. The molecule has 0 fully saturated rings. The van der Waals surface area contributed by atoms with Gasteiger partial charge < -0.3 is 0 Å². The van der Waals surface area contributed by atoms with Crippen LogP contribution in [0.2, 0.25) is 0 Å². The first-order chi connectivity index (χ1) is 15.3. The molecule has 0 unspecified atom stereocenters. The highest BCUT2D eigenvalue weighted by molar-refractivity contribution is 6.00. The van der Waals surface area contributed by atoms with Gasteiger partial charge in [-0.25, -0.2) is 9.67 Å². The van der Waals surface area contributed by atoms with Gasteiger partial charge in [-0.05, 0) is 24.3 Å². The Labute approximate surface area is 176 Å². The zero-order valence-electron chi connectivity index (χ0n) is 16.2. The van der Waals surface area contributed by atoms with Crippen molar-refractivity contribution in [1.82, 2.24) is 34.9 Å². The third-order valence-electron chi connectivity index (χ3n) is 4.46. The molecule has 0 aliphatic carbocycles. The number of hydrogen-bond acceptors (Lipinski definition) is 6. The maximum atomic E-state index is 12.8. The highest BCUT2D eigenvalue weighted by Gasteiger charge is 2.20. The Bertz CT molecular complexity index is 1260. The van der Waals surface area contributed by atoms with E-state index in [2.05, 4.69) is 35.6 Å². The summed E-state index contributed by atoms with van der Waals surface area (Å²) < 4.78 is 1.64. The fourth-order valence-corrected chi connectivity index (χ4v) is 3.02. The topological polar surface area (TPSA) is 114 Å². The summed E-state index contributed by atoms with van der Waals surface area (Å²) >= 11 is 0. The van der Waals surface area contributed by atoms with E-state index in [9.17, 15) is 4.79 Å². The van der Waals surface area contributed by atoms with Gasteiger partial charge in [0.05, 0.1) is 5.69 Å². The summed E-state index contributed by atoms with van der Waals surface area (Å²) in [6, 6.07) is 24.5. The molecule has 9 nitrogen and oxygen atoms in total. The number of amides is 1. The molecule has 0 atom stereocenters. The summed E-state index contributed by atoms with van der Waals surface area (Å²) in [5.41, 5.74) is 2.25. The molecule has 2 aromatic carbocycles. The second-order valence-corrected chi connectivity index (χ2v) is 6.55. The van der Waals surface area contributed by atoms with Gasteiger partial charge in [0.2, 0.25) is 11.8 Å². The van der Waals surface area contributed by atoms with Crippen LogP contribution in [0, 0.1) is 0 Å². The molecular formula is C22H16N8O. The number of hydrogen-bond donors (Lipinski definition) is 2. The van der Waals surface area contributed by atoms with E-state index in [1.54, 1.807) is 16.9 Å². The van der Waals surface area contributed by atoms with E-state index in [0.717, 1.165) is 11.3 Å². The van der Waals surface area contributed by atoms with Gasteiger partial charge in [-0.1, -0.05) is 54.6 Å². The molecule has 0 saturated carbocycles. The lowest BCUT2D eigenvalue weighted by atomic mass is 10.2. The van der Waals surface area contributed by atoms with Crippen molar-refractivity contribution in [3.63, 3.8) is 0 Å². The van der Waals surface area contributed by atoms with Gasteiger partial charge in [0.1, 0.15) is 5.69 Å². The Morgan fingerprint density at radius 1 is 0.871 bits per heavy atom. The van der Waals surface area contributed by atoms with E-state index in [1.165, 1.54) is 0 Å². The van der Waals surface area contributed by atoms with Crippen LogP contribution in [-0.2, 0) is 0 Å². The van der Waals surface area contributed by atoms with Crippen LogP contribution in [0.5, 0.6) is 0 Å². The van der Waals surface area contributed by atoms with Crippen molar-refractivity contribution in [3.05, 3.63) is 90.9 Å². The molecule has 0 bridgehead atoms. The molecule has 0 radical (unpaired) electrons. The number of H-pyrrole nitrogens is 1. The van der Waals surface area contributed by atoms with Crippen LogP contribution >= 0.6 is 0 Å². The largest absolute Gasteiger partial charge is 0.297 e. The second-order valence-electron chi connectivity index (χ2n) is 6.55. The van der Waals surface area contributed by atoms with Crippen molar-refractivity contribution >= 4 is 11.9 Å². The number of aromatic nitrogens is 7. The van der Waals surface area contributed by atoms with E-state index < -0.39 is 5.91 Å². The third kappa shape index (κ3) is 3.79. The van der Waals surface area contributed by atoms with Crippen molar-refractivity contribution in [1.29, 1.82) is 0 Å². The number of nitrogens with one attached hydrogen (secondary N) is 2. The van der Waals surface area contributed by atoms with Gasteiger partial charge in [0.25, 0.3) is 5.91 Å². The number of carbonyl (C=O) groups excluding carboxylic acids is 1. The zero-order chi connectivity index (χ0) is 21.0. The summed E-state index contributed by atoms with van der Waals surface area (Å²) in [6.45, 7) is 0. The molecule has 0 aliphatic heterocycles. The number of benzene rings is 2. The Kier molecular flexibility index (Phi) is 4.74. The molecule has 5 aromatic rings. The number of anilines is 1. The van der Waals surface area contributed by atoms with Gasteiger partial charge in [-0.15, -0.1) is 10.2 Å². The van der Waals surface area contributed by atoms with Crippen molar-refractivity contribution < 1.29 is 4.79 Å². The van der Waals surface area contributed by atoms with Crippen LogP contribution in [0.1, 0.15) is 10.6 Å². The van der Waals surface area contributed by atoms with Gasteiger partial charge in [0.15, 0.2) is 11.6 Å². The lowest BCUT2D eigenvalue weighted by Gasteiger charge is -2.05. The Morgan fingerprint density at radius 2 is 1.61 bits per heavy atom. The molecule has 2 N–H and O–H groups in total. The summed E-state index contributed by atoms with van der Waals surface area (Å²) in [5, 5.41) is 13.9. The van der Waals surface area contributed by atoms with Gasteiger partial charge in [0, 0.05) is 11.8 Å². The SMILES string of the molecule is O=C(Nc1n[nH]c(-c2ccccn2)n1)c1nc(-c2ccccc2)n(-c2ccccc2)n1. The summed E-state index contributed by atoms with van der Waals surface area (Å²) in [4.78, 5) is 25.8. The van der Waals surface area contributed by atoms with Gasteiger partial charge in [-0.3, -0.25) is 20.2 Å². The molecule has 3 aromatic heterocycles. The molecule has 9 heteroatoms. The van der Waals surface area contributed by atoms with Crippen molar-refractivity contribution in [2.75, 3.05) is 5.32 Å². The molecule has 3 heterocycles. The standard InChI is InChI=1S/C22H16N8O/c31-21(26-22-25-18(27-28-22)17-13-7-8-14-23-17)19-24-20(15-9-3-1-4-10-15)30(29-19)16-11-5-2-6-12-16/h1-14H,(H2,25,26,27,28,31). The fourth-order valence-electron chi connectivity index (χ4n) is 3.02. The lowest BCUT2D eigenvalue weighted by molar-refractivity contribution is 0.101. The molecule has 0 saturated heterocycles. The predicted octanol–water partition coefficient (Wildman–Crippen LogP) is 3.37. The van der Waals surface area contributed by atoms with Gasteiger partial charge >= 0.3 is 0 Å². The summed E-state index contributed by atoms with van der Waals surface area (Å²) in [5.74, 6) is 0.609. The van der Waals surface area contributed by atoms with E-state index in [4.69, 9.17) is 0 Å². The van der Waals surface area contributed by atoms with Crippen LogP contribution in [-0.4, -0.2) is 40.8 Å². The minimum atomic E-state index is -0.515. The molecule has 0 aliphatic rings. The minimum Gasteiger partial charge on any atom is -0.286 e. The molecule has 1 amide bonds. The average molecular weight is 408 g/mol. The van der Waals surface area contributed by atoms with E-state index in [0.29, 0.717) is 17.3 Å². The molecule has 5 rings (SSSR count). The third-order valence-corrected chi connectivity index (χ3v) is 4.46. The Balaban J connectivity index is 1.46.